The number of piperidine rings is 1. The summed E-state index contributed by atoms with van der Waals surface area (Å²) in [6.45, 7) is 1.79. The second kappa shape index (κ2) is 9.93. The van der Waals surface area contributed by atoms with Gasteiger partial charge in [0.1, 0.15) is 23.6 Å². The molecule has 1 aromatic heterocycles. The van der Waals surface area contributed by atoms with Crippen molar-refractivity contribution in [2.75, 3.05) is 13.1 Å². The van der Waals surface area contributed by atoms with Crippen LogP contribution >= 0.6 is 0 Å². The summed E-state index contributed by atoms with van der Waals surface area (Å²) in [5.41, 5.74) is 1.28. The lowest BCUT2D eigenvalue weighted by Gasteiger charge is -2.48. The molecule has 4 aliphatic rings. The molecule has 3 atom stereocenters. The summed E-state index contributed by atoms with van der Waals surface area (Å²) in [5, 5.41) is 2.32. The highest BCUT2D eigenvalue weighted by Crippen LogP contribution is 2.37. The zero-order valence-corrected chi connectivity index (χ0v) is 21.2. The summed E-state index contributed by atoms with van der Waals surface area (Å²) in [6.07, 6.45) is 1.40. The van der Waals surface area contributed by atoms with Crippen LogP contribution in [-0.2, 0) is 22.3 Å². The van der Waals surface area contributed by atoms with Crippen molar-refractivity contribution < 1.29 is 32.3 Å². The number of carbonyl (C=O) groups excluding carboxylic acids is 3. The highest BCUT2D eigenvalue weighted by molar-refractivity contribution is 6.05. The van der Waals surface area contributed by atoms with Gasteiger partial charge in [0.2, 0.25) is 11.8 Å². The Morgan fingerprint density at radius 1 is 1.00 bits per heavy atom. The van der Waals surface area contributed by atoms with Gasteiger partial charge in [0.15, 0.2) is 0 Å². The maximum absolute atomic E-state index is 13.0. The number of halogens is 3. The van der Waals surface area contributed by atoms with Crippen LogP contribution in [0, 0.1) is 0 Å². The van der Waals surface area contributed by atoms with E-state index in [1.807, 2.05) is 6.07 Å². The summed E-state index contributed by atoms with van der Waals surface area (Å²) in [7, 11) is 0. The highest BCUT2D eigenvalue weighted by Gasteiger charge is 2.41. The largest absolute Gasteiger partial charge is 0.489 e. The van der Waals surface area contributed by atoms with Gasteiger partial charge in [-0.1, -0.05) is 12.5 Å². The smallest absolute Gasteiger partial charge is 0.433 e. The van der Waals surface area contributed by atoms with E-state index in [4.69, 9.17) is 4.74 Å². The number of benzene rings is 1. The minimum atomic E-state index is -4.44. The molecule has 6 rings (SSSR count). The first-order chi connectivity index (χ1) is 18.7. The Labute approximate surface area is 223 Å². The Balaban J connectivity index is 1.09. The molecule has 1 N–H and O–H groups in total. The molecule has 3 fully saturated rings. The van der Waals surface area contributed by atoms with Crippen LogP contribution in [-0.4, -0.2) is 63.8 Å². The number of pyridine rings is 1. The average Bonchev–Trinajstić information content (AvgIpc) is 3.19. The molecule has 0 spiro atoms. The summed E-state index contributed by atoms with van der Waals surface area (Å²) in [6, 6.07) is 7.52. The molecule has 3 amide bonds. The highest BCUT2D eigenvalue weighted by atomic mass is 19.4. The molecule has 1 aromatic carbocycles. The van der Waals surface area contributed by atoms with Crippen LogP contribution < -0.4 is 10.1 Å². The van der Waals surface area contributed by atoms with Crippen molar-refractivity contribution in [1.82, 2.24) is 20.1 Å². The van der Waals surface area contributed by atoms with E-state index < -0.39 is 23.8 Å². The number of aromatic nitrogens is 1. The third-order valence-corrected chi connectivity index (χ3v) is 8.38. The number of ether oxygens (including phenoxy) is 1. The van der Waals surface area contributed by atoms with Gasteiger partial charge in [0, 0.05) is 49.8 Å². The van der Waals surface area contributed by atoms with Gasteiger partial charge in [0.05, 0.1) is 0 Å². The molecule has 3 aliphatic heterocycles. The Morgan fingerprint density at radius 3 is 2.51 bits per heavy atom. The maximum Gasteiger partial charge on any atom is 0.433 e. The second-order valence-corrected chi connectivity index (χ2v) is 10.9. The van der Waals surface area contributed by atoms with E-state index in [-0.39, 0.29) is 36.3 Å². The van der Waals surface area contributed by atoms with Crippen molar-refractivity contribution in [3.63, 3.8) is 0 Å². The number of likely N-dealkylation sites (tertiary alicyclic amines) is 1. The number of carbonyl (C=O) groups is 3. The average molecular weight is 543 g/mol. The predicted octanol–water partition coefficient (Wildman–Crippen LogP) is 3.65. The van der Waals surface area contributed by atoms with E-state index in [1.54, 1.807) is 12.1 Å². The van der Waals surface area contributed by atoms with Gasteiger partial charge in [-0.05, 0) is 61.1 Å². The number of imide groups is 1. The Hall–Kier alpha value is -3.47. The fourth-order valence-corrected chi connectivity index (χ4v) is 6.24. The van der Waals surface area contributed by atoms with Crippen molar-refractivity contribution in [1.29, 1.82) is 0 Å². The normalized spacial score (nSPS) is 26.3. The molecular weight excluding hydrogens is 513 g/mol. The second-order valence-electron chi connectivity index (χ2n) is 10.9. The molecule has 8 nitrogen and oxygen atoms in total. The zero-order valence-electron chi connectivity index (χ0n) is 21.2. The molecule has 1 unspecified atom stereocenters. The number of nitrogens with zero attached hydrogens (tertiary/aromatic N) is 3. The van der Waals surface area contributed by atoms with Gasteiger partial charge in [-0.2, -0.15) is 13.2 Å². The predicted molar refractivity (Wildman–Crippen MR) is 133 cm³/mol. The number of nitrogens with one attached hydrogen (secondary N) is 1. The Bertz CT molecular complexity index is 1290. The molecule has 0 bridgehead atoms. The topological polar surface area (TPSA) is 91.8 Å². The first-order valence-corrected chi connectivity index (χ1v) is 13.4. The lowest BCUT2D eigenvalue weighted by molar-refractivity contribution is -0.141. The van der Waals surface area contributed by atoms with Crippen LogP contribution in [0.3, 0.4) is 0 Å². The van der Waals surface area contributed by atoms with Gasteiger partial charge in [-0.15, -0.1) is 0 Å². The summed E-state index contributed by atoms with van der Waals surface area (Å²) >= 11 is 0. The number of fused-ring (bicyclic) bond motifs is 1. The van der Waals surface area contributed by atoms with Gasteiger partial charge >= 0.3 is 6.18 Å². The number of hydrogen-bond donors (Lipinski definition) is 1. The lowest BCUT2D eigenvalue weighted by atomic mass is 9.84. The maximum atomic E-state index is 13.0. The first kappa shape index (κ1) is 25.8. The number of amides is 3. The molecule has 2 saturated heterocycles. The van der Waals surface area contributed by atoms with E-state index in [0.29, 0.717) is 24.3 Å². The third kappa shape index (κ3) is 4.99. The third-order valence-electron chi connectivity index (χ3n) is 8.38. The van der Waals surface area contributed by atoms with Crippen molar-refractivity contribution in [3.05, 3.63) is 58.9 Å². The van der Waals surface area contributed by atoms with E-state index in [9.17, 15) is 27.6 Å². The summed E-state index contributed by atoms with van der Waals surface area (Å²) in [4.78, 5) is 44.3. The Kier molecular flexibility index (Phi) is 6.57. The van der Waals surface area contributed by atoms with E-state index in [2.05, 4.69) is 15.2 Å². The van der Waals surface area contributed by atoms with Crippen LogP contribution in [0.5, 0.6) is 5.75 Å². The first-order valence-electron chi connectivity index (χ1n) is 13.4. The fourth-order valence-electron chi connectivity index (χ4n) is 6.24. The van der Waals surface area contributed by atoms with Crippen LogP contribution in [0.4, 0.5) is 13.2 Å². The van der Waals surface area contributed by atoms with Crippen LogP contribution in [0.15, 0.2) is 36.5 Å². The number of rotatable bonds is 5. The molecule has 39 heavy (non-hydrogen) atoms. The van der Waals surface area contributed by atoms with Gasteiger partial charge in [-0.3, -0.25) is 29.6 Å². The molecule has 11 heteroatoms. The quantitative estimate of drug-likeness (QED) is 0.580. The van der Waals surface area contributed by atoms with Crippen molar-refractivity contribution in [2.24, 2.45) is 0 Å². The summed E-state index contributed by atoms with van der Waals surface area (Å²) < 4.78 is 45.0. The van der Waals surface area contributed by atoms with Crippen molar-refractivity contribution in [2.45, 2.75) is 75.4 Å². The van der Waals surface area contributed by atoms with E-state index in [1.165, 1.54) is 17.2 Å². The number of alkyl halides is 3. The fraction of sp³-hybridized carbons (Fsp3) is 0.500. The van der Waals surface area contributed by atoms with Crippen LogP contribution in [0.1, 0.15) is 71.6 Å². The monoisotopic (exact) mass is 542 g/mol. The molecular formula is C28H29F3N4O4. The Morgan fingerprint density at radius 2 is 1.79 bits per heavy atom. The van der Waals surface area contributed by atoms with Gasteiger partial charge in [-0.25, -0.2) is 0 Å². The van der Waals surface area contributed by atoms with E-state index in [0.717, 1.165) is 56.0 Å². The van der Waals surface area contributed by atoms with Gasteiger partial charge in [0.25, 0.3) is 5.91 Å². The molecule has 1 saturated carbocycles. The molecule has 1 aliphatic carbocycles. The molecule has 206 valence electrons. The molecule has 4 heterocycles. The SMILES string of the molecule is O=C1CCC(N2Cc3cc(O[C@H]4CCCC[C@H]4N4CC(c5ccc(C(F)(F)F)nc5)C4)ccc3C2=O)C(=O)N1. The van der Waals surface area contributed by atoms with Crippen LogP contribution in [0.2, 0.25) is 0 Å². The lowest BCUT2D eigenvalue weighted by Crippen LogP contribution is -2.57. The number of hydrogen-bond acceptors (Lipinski definition) is 6. The zero-order chi connectivity index (χ0) is 27.3. The van der Waals surface area contributed by atoms with Gasteiger partial charge < -0.3 is 9.64 Å². The molecule has 2 aromatic rings. The van der Waals surface area contributed by atoms with Crippen molar-refractivity contribution >= 4 is 17.7 Å². The van der Waals surface area contributed by atoms with Crippen molar-refractivity contribution in [3.8, 4) is 5.75 Å². The van der Waals surface area contributed by atoms with Crippen LogP contribution in [0.25, 0.3) is 0 Å². The summed E-state index contributed by atoms with van der Waals surface area (Å²) in [5.74, 6) is -0.151. The minimum Gasteiger partial charge on any atom is -0.489 e. The molecule has 0 radical (unpaired) electrons. The van der Waals surface area contributed by atoms with E-state index >= 15 is 0 Å². The minimum absolute atomic E-state index is 0.0353. The standard InChI is InChI=1S/C28H29F3N4O4/c29-28(30,31)24-9-5-16(12-32-24)18-13-34(14-18)21-3-1-2-4-23(21)39-19-6-7-20-17(11-19)15-35(27(20)38)22-8-10-25(36)33-26(22)37/h5-7,9,11-12,18,21-23H,1-4,8,10,13-15H2,(H,33,36,37)/t21-,22?,23+/m1/s1.